The summed E-state index contributed by atoms with van der Waals surface area (Å²) in [6.45, 7) is 3.40. The number of benzene rings is 1. The van der Waals surface area contributed by atoms with Crippen molar-refractivity contribution in [2.75, 3.05) is 7.11 Å². The van der Waals surface area contributed by atoms with Gasteiger partial charge in [-0.1, -0.05) is 35.9 Å². The van der Waals surface area contributed by atoms with Crippen LogP contribution in [-0.2, 0) is 14.3 Å². The van der Waals surface area contributed by atoms with Gasteiger partial charge in [-0.05, 0) is 31.6 Å². The Hall–Kier alpha value is -2.16. The standard InChI is InChI=1S/C15H16O3/c1-11-6-4-8-13(10-11)14(15(17)18-3)9-5-7-12(2)16/h4-10H,1-3H3/b7-5-,14-9+. The Morgan fingerprint density at radius 1 is 1.28 bits per heavy atom. The fourth-order valence-corrected chi connectivity index (χ4v) is 1.48. The molecule has 0 aliphatic rings. The molecule has 0 heterocycles. The van der Waals surface area contributed by atoms with Crippen LogP contribution < -0.4 is 0 Å². The number of carbonyl (C=O) groups excluding carboxylic acids is 2. The van der Waals surface area contributed by atoms with Crippen LogP contribution in [0.5, 0.6) is 0 Å². The second-order valence-corrected chi connectivity index (χ2v) is 3.91. The van der Waals surface area contributed by atoms with Crippen LogP contribution in [0.25, 0.3) is 5.57 Å². The van der Waals surface area contributed by atoms with Crippen molar-refractivity contribution in [3.8, 4) is 0 Å². The lowest BCUT2D eigenvalue weighted by atomic mass is 10.0. The van der Waals surface area contributed by atoms with Crippen LogP contribution in [0.4, 0.5) is 0 Å². The van der Waals surface area contributed by atoms with Crippen molar-refractivity contribution < 1.29 is 14.3 Å². The summed E-state index contributed by atoms with van der Waals surface area (Å²) >= 11 is 0. The predicted molar refractivity (Wildman–Crippen MR) is 71.0 cm³/mol. The molecular weight excluding hydrogens is 228 g/mol. The van der Waals surface area contributed by atoms with E-state index in [0.29, 0.717) is 5.57 Å². The van der Waals surface area contributed by atoms with Gasteiger partial charge in [0, 0.05) is 0 Å². The van der Waals surface area contributed by atoms with E-state index in [-0.39, 0.29) is 5.78 Å². The Labute approximate surface area is 107 Å². The molecule has 94 valence electrons. The topological polar surface area (TPSA) is 43.4 Å². The van der Waals surface area contributed by atoms with Gasteiger partial charge in [0.15, 0.2) is 5.78 Å². The average Bonchev–Trinajstić information content (AvgIpc) is 2.33. The number of ketones is 1. The molecular formula is C15H16O3. The Morgan fingerprint density at radius 2 is 2.00 bits per heavy atom. The lowest BCUT2D eigenvalue weighted by Crippen LogP contribution is -2.03. The van der Waals surface area contributed by atoms with E-state index in [4.69, 9.17) is 4.74 Å². The first-order valence-electron chi connectivity index (χ1n) is 5.59. The number of esters is 1. The maximum absolute atomic E-state index is 11.7. The summed E-state index contributed by atoms with van der Waals surface area (Å²) in [5.74, 6) is -0.492. The van der Waals surface area contributed by atoms with Crippen molar-refractivity contribution in [2.45, 2.75) is 13.8 Å². The molecule has 18 heavy (non-hydrogen) atoms. The minimum absolute atomic E-state index is 0.0697. The van der Waals surface area contributed by atoms with E-state index < -0.39 is 5.97 Å². The van der Waals surface area contributed by atoms with E-state index >= 15 is 0 Å². The highest BCUT2D eigenvalue weighted by Crippen LogP contribution is 2.17. The second-order valence-electron chi connectivity index (χ2n) is 3.91. The molecule has 1 aromatic carbocycles. The van der Waals surface area contributed by atoms with Crippen LogP contribution in [0.1, 0.15) is 18.1 Å². The molecule has 0 spiro atoms. The number of ether oxygens (including phenoxy) is 1. The summed E-state index contributed by atoms with van der Waals surface area (Å²) < 4.78 is 4.74. The Morgan fingerprint density at radius 3 is 2.56 bits per heavy atom. The van der Waals surface area contributed by atoms with Crippen molar-refractivity contribution in [2.24, 2.45) is 0 Å². The minimum Gasteiger partial charge on any atom is -0.465 e. The second kappa shape index (κ2) is 6.55. The number of carbonyl (C=O) groups is 2. The molecule has 0 N–H and O–H groups in total. The highest BCUT2D eigenvalue weighted by atomic mass is 16.5. The van der Waals surface area contributed by atoms with Gasteiger partial charge in [0.2, 0.25) is 0 Å². The first-order valence-corrected chi connectivity index (χ1v) is 5.59. The molecule has 0 fully saturated rings. The molecule has 0 aliphatic heterocycles. The van der Waals surface area contributed by atoms with Gasteiger partial charge in [-0.3, -0.25) is 4.79 Å². The van der Waals surface area contributed by atoms with Gasteiger partial charge in [-0.2, -0.15) is 0 Å². The molecule has 0 aliphatic carbocycles. The molecule has 3 heteroatoms. The van der Waals surface area contributed by atoms with Crippen molar-refractivity contribution in [1.82, 2.24) is 0 Å². The molecule has 0 radical (unpaired) electrons. The van der Waals surface area contributed by atoms with Crippen molar-refractivity contribution >= 4 is 17.3 Å². The smallest absolute Gasteiger partial charge is 0.338 e. The van der Waals surface area contributed by atoms with E-state index in [1.165, 1.54) is 20.1 Å². The van der Waals surface area contributed by atoms with E-state index in [0.717, 1.165) is 11.1 Å². The van der Waals surface area contributed by atoms with Gasteiger partial charge >= 0.3 is 5.97 Å². The fourth-order valence-electron chi connectivity index (χ4n) is 1.48. The van der Waals surface area contributed by atoms with Gasteiger partial charge in [-0.25, -0.2) is 4.79 Å². The molecule has 0 aromatic heterocycles. The summed E-state index contributed by atoms with van der Waals surface area (Å²) in [7, 11) is 1.33. The third kappa shape index (κ3) is 4.01. The van der Waals surface area contributed by atoms with E-state index in [1.807, 2.05) is 31.2 Å². The first-order chi connectivity index (χ1) is 8.54. The number of hydrogen-bond acceptors (Lipinski definition) is 3. The lowest BCUT2D eigenvalue weighted by Gasteiger charge is -2.05. The molecule has 0 saturated carbocycles. The minimum atomic E-state index is -0.422. The Kier molecular flexibility index (Phi) is 5.06. The zero-order chi connectivity index (χ0) is 13.5. The lowest BCUT2D eigenvalue weighted by molar-refractivity contribution is -0.133. The first kappa shape index (κ1) is 13.9. The molecule has 0 bridgehead atoms. The predicted octanol–water partition coefficient (Wildman–Crippen LogP) is 2.70. The summed E-state index contributed by atoms with van der Waals surface area (Å²) in [5.41, 5.74) is 2.26. The normalized spacial score (nSPS) is 11.6. The summed E-state index contributed by atoms with van der Waals surface area (Å²) in [4.78, 5) is 22.5. The van der Waals surface area contributed by atoms with Gasteiger partial charge < -0.3 is 4.74 Å². The molecule has 3 nitrogen and oxygen atoms in total. The van der Waals surface area contributed by atoms with Crippen LogP contribution in [0, 0.1) is 6.92 Å². The highest BCUT2D eigenvalue weighted by molar-refractivity contribution is 6.16. The van der Waals surface area contributed by atoms with Gasteiger partial charge in [0.25, 0.3) is 0 Å². The molecule has 1 rings (SSSR count). The molecule has 0 amide bonds. The highest BCUT2D eigenvalue weighted by Gasteiger charge is 2.11. The zero-order valence-electron chi connectivity index (χ0n) is 10.8. The maximum Gasteiger partial charge on any atom is 0.338 e. The number of methoxy groups -OCH3 is 1. The van der Waals surface area contributed by atoms with Crippen molar-refractivity contribution in [1.29, 1.82) is 0 Å². The van der Waals surface area contributed by atoms with E-state index in [9.17, 15) is 9.59 Å². The largest absolute Gasteiger partial charge is 0.465 e. The molecule has 0 atom stereocenters. The fraction of sp³-hybridized carbons (Fsp3) is 0.200. The maximum atomic E-state index is 11.7. The average molecular weight is 244 g/mol. The third-order valence-electron chi connectivity index (χ3n) is 2.33. The summed E-state index contributed by atoms with van der Waals surface area (Å²) in [5, 5.41) is 0. The number of rotatable bonds is 4. The van der Waals surface area contributed by atoms with Crippen LogP contribution in [-0.4, -0.2) is 18.9 Å². The molecule has 0 unspecified atom stereocenters. The van der Waals surface area contributed by atoms with Crippen LogP contribution in [0.3, 0.4) is 0 Å². The quantitative estimate of drug-likeness (QED) is 0.464. The van der Waals surface area contributed by atoms with E-state index in [2.05, 4.69) is 0 Å². The molecule has 0 saturated heterocycles. The van der Waals surface area contributed by atoms with Gasteiger partial charge in [-0.15, -0.1) is 0 Å². The Bertz CT molecular complexity index is 510. The number of allylic oxidation sites excluding steroid dienone is 3. The van der Waals surface area contributed by atoms with Crippen molar-refractivity contribution in [3.05, 3.63) is 53.6 Å². The van der Waals surface area contributed by atoms with Crippen LogP contribution in [0.15, 0.2) is 42.5 Å². The summed E-state index contributed by atoms with van der Waals surface area (Å²) in [6, 6.07) is 7.54. The number of aryl methyl sites for hydroxylation is 1. The monoisotopic (exact) mass is 244 g/mol. The molecule has 1 aromatic rings. The Balaban J connectivity index is 3.13. The van der Waals surface area contributed by atoms with Crippen LogP contribution >= 0.6 is 0 Å². The van der Waals surface area contributed by atoms with Crippen LogP contribution in [0.2, 0.25) is 0 Å². The SMILES string of the molecule is COC(=O)/C(=C/C=C\C(C)=O)c1cccc(C)c1. The zero-order valence-corrected chi connectivity index (χ0v) is 10.8. The van der Waals surface area contributed by atoms with Gasteiger partial charge in [0.1, 0.15) is 0 Å². The van der Waals surface area contributed by atoms with Gasteiger partial charge in [0.05, 0.1) is 12.7 Å². The summed E-state index contributed by atoms with van der Waals surface area (Å²) in [6.07, 6.45) is 4.54. The van der Waals surface area contributed by atoms with Crippen molar-refractivity contribution in [3.63, 3.8) is 0 Å². The van der Waals surface area contributed by atoms with E-state index in [1.54, 1.807) is 12.2 Å². The third-order valence-corrected chi connectivity index (χ3v) is 2.33. The number of hydrogen-bond donors (Lipinski definition) is 0.